The molecular weight excluding hydrogens is 328 g/mol. The number of allylic oxidation sites excluding steroid dienone is 3. The highest BCUT2D eigenvalue weighted by Crippen LogP contribution is 2.17. The van der Waals surface area contributed by atoms with Crippen LogP contribution >= 0.6 is 0 Å². The van der Waals surface area contributed by atoms with Crippen molar-refractivity contribution in [3.63, 3.8) is 0 Å². The van der Waals surface area contributed by atoms with Gasteiger partial charge in [0.1, 0.15) is 6.61 Å². The highest BCUT2D eigenvalue weighted by atomic mass is 16.6. The number of hydrogen-bond donors (Lipinski definition) is 2. The van der Waals surface area contributed by atoms with E-state index in [-0.39, 0.29) is 0 Å². The van der Waals surface area contributed by atoms with Crippen LogP contribution in [0.3, 0.4) is 0 Å². The monoisotopic (exact) mass is 368 g/mol. The summed E-state index contributed by atoms with van der Waals surface area (Å²) in [6.07, 6.45) is 19.6. The molecule has 0 aromatic rings. The van der Waals surface area contributed by atoms with Crippen molar-refractivity contribution in [1.29, 1.82) is 0 Å². The Morgan fingerprint density at radius 3 is 2.42 bits per heavy atom. The molecule has 0 rings (SSSR count). The maximum atomic E-state index is 11.3. The van der Waals surface area contributed by atoms with Crippen molar-refractivity contribution in [1.82, 2.24) is 0 Å². The molecule has 0 aromatic carbocycles. The van der Waals surface area contributed by atoms with Crippen molar-refractivity contribution in [2.45, 2.75) is 96.7 Å². The van der Waals surface area contributed by atoms with Gasteiger partial charge in [0.05, 0.1) is 0 Å². The summed E-state index contributed by atoms with van der Waals surface area (Å²) in [7, 11) is 0. The summed E-state index contributed by atoms with van der Waals surface area (Å²) in [6, 6.07) is 0. The van der Waals surface area contributed by atoms with Crippen LogP contribution in [0.5, 0.6) is 0 Å². The van der Waals surface area contributed by atoms with Crippen molar-refractivity contribution >= 4 is 5.97 Å². The van der Waals surface area contributed by atoms with Gasteiger partial charge in [-0.25, -0.2) is 0 Å². The Bertz CT molecular complexity index is 365. The number of hydrogen-bond acceptors (Lipinski definition) is 4. The normalized spacial score (nSPS) is 13.7. The SMILES string of the molecule is C=CC(CC=CCCCCCC)CCCCCCCC(=O)OC(O)CO. The first-order chi connectivity index (χ1) is 12.6. The topological polar surface area (TPSA) is 66.8 Å². The second-order valence-electron chi connectivity index (χ2n) is 6.99. The Kier molecular flexibility index (Phi) is 17.8. The second kappa shape index (κ2) is 18.7. The molecule has 0 aliphatic rings. The number of rotatable bonds is 18. The average Bonchev–Trinajstić information content (AvgIpc) is 2.64. The highest BCUT2D eigenvalue weighted by Gasteiger charge is 2.09. The number of carbonyl (C=O) groups is 1. The van der Waals surface area contributed by atoms with Crippen LogP contribution < -0.4 is 0 Å². The van der Waals surface area contributed by atoms with E-state index in [9.17, 15) is 4.79 Å². The van der Waals surface area contributed by atoms with Gasteiger partial charge in [0.25, 0.3) is 0 Å². The Morgan fingerprint density at radius 2 is 1.73 bits per heavy atom. The Morgan fingerprint density at radius 1 is 1.04 bits per heavy atom. The van der Waals surface area contributed by atoms with Gasteiger partial charge in [0, 0.05) is 6.42 Å². The minimum absolute atomic E-state index is 0.301. The molecule has 0 saturated heterocycles. The summed E-state index contributed by atoms with van der Waals surface area (Å²) in [6.45, 7) is 5.64. The number of esters is 1. The molecule has 0 radical (unpaired) electrons. The van der Waals surface area contributed by atoms with Gasteiger partial charge in [0.15, 0.2) is 0 Å². The van der Waals surface area contributed by atoms with Crippen LogP contribution in [-0.2, 0) is 9.53 Å². The molecule has 0 aromatic heterocycles. The molecule has 4 heteroatoms. The van der Waals surface area contributed by atoms with Crippen LogP contribution in [-0.4, -0.2) is 29.1 Å². The van der Waals surface area contributed by atoms with E-state index in [2.05, 4.69) is 36.5 Å². The van der Waals surface area contributed by atoms with Crippen LogP contribution in [0.2, 0.25) is 0 Å². The van der Waals surface area contributed by atoms with Crippen molar-refractivity contribution in [3.05, 3.63) is 24.8 Å². The van der Waals surface area contributed by atoms with Crippen LogP contribution in [0.1, 0.15) is 90.4 Å². The van der Waals surface area contributed by atoms with Gasteiger partial charge >= 0.3 is 5.97 Å². The summed E-state index contributed by atoms with van der Waals surface area (Å²) < 4.78 is 4.60. The lowest BCUT2D eigenvalue weighted by atomic mass is 9.97. The van der Waals surface area contributed by atoms with Crippen LogP contribution in [0.4, 0.5) is 0 Å². The van der Waals surface area contributed by atoms with Crippen molar-refractivity contribution < 1.29 is 19.7 Å². The molecule has 2 N–H and O–H groups in total. The van der Waals surface area contributed by atoms with E-state index in [1.54, 1.807) is 0 Å². The van der Waals surface area contributed by atoms with Gasteiger partial charge in [-0.3, -0.25) is 4.79 Å². The van der Waals surface area contributed by atoms with E-state index >= 15 is 0 Å². The van der Waals surface area contributed by atoms with E-state index in [4.69, 9.17) is 10.2 Å². The standard InChI is InChI=1S/C22H40O4/c1-3-5-6-7-8-10-13-16-20(4-2)17-14-11-9-12-15-18-21(24)26-22(25)19-23/h4,10,13,20,22-23,25H,2-3,5-9,11-12,14-19H2,1H3. The number of aliphatic hydroxyl groups excluding tert-OH is 2. The lowest BCUT2D eigenvalue weighted by Crippen LogP contribution is -2.20. The molecule has 26 heavy (non-hydrogen) atoms. The second-order valence-corrected chi connectivity index (χ2v) is 6.99. The summed E-state index contributed by atoms with van der Waals surface area (Å²) >= 11 is 0. The van der Waals surface area contributed by atoms with Gasteiger partial charge in [-0.15, -0.1) is 6.58 Å². The van der Waals surface area contributed by atoms with Crippen LogP contribution in [0.15, 0.2) is 24.8 Å². The number of carbonyl (C=O) groups excluding carboxylic acids is 1. The third-order valence-electron chi connectivity index (χ3n) is 4.54. The van der Waals surface area contributed by atoms with Gasteiger partial charge in [-0.2, -0.15) is 0 Å². The van der Waals surface area contributed by atoms with Crippen molar-refractivity contribution in [2.24, 2.45) is 5.92 Å². The third kappa shape index (κ3) is 16.3. The summed E-state index contributed by atoms with van der Waals surface area (Å²) in [5, 5.41) is 17.6. The van der Waals surface area contributed by atoms with Crippen molar-refractivity contribution in [2.75, 3.05) is 6.61 Å². The Balaban J connectivity index is 3.55. The number of unbranched alkanes of at least 4 members (excludes halogenated alkanes) is 8. The molecular formula is C22H40O4. The van der Waals surface area contributed by atoms with E-state index < -0.39 is 18.9 Å². The predicted molar refractivity (Wildman–Crippen MR) is 108 cm³/mol. The molecule has 0 spiro atoms. The van der Waals surface area contributed by atoms with E-state index in [0.29, 0.717) is 12.3 Å². The number of aliphatic hydroxyl groups is 2. The van der Waals surface area contributed by atoms with Crippen molar-refractivity contribution in [3.8, 4) is 0 Å². The molecule has 0 aliphatic carbocycles. The lowest BCUT2D eigenvalue weighted by molar-refractivity contribution is -0.173. The molecule has 0 amide bonds. The maximum absolute atomic E-state index is 11.3. The van der Waals surface area contributed by atoms with Gasteiger partial charge in [0.2, 0.25) is 6.29 Å². The molecule has 0 fully saturated rings. The van der Waals surface area contributed by atoms with Crippen LogP contribution in [0.25, 0.3) is 0 Å². The minimum atomic E-state index is -1.39. The van der Waals surface area contributed by atoms with E-state index in [0.717, 1.165) is 25.7 Å². The zero-order chi connectivity index (χ0) is 19.5. The van der Waals surface area contributed by atoms with E-state index in [1.807, 2.05) is 0 Å². The fourth-order valence-corrected chi connectivity index (χ4v) is 2.86. The zero-order valence-electron chi connectivity index (χ0n) is 16.7. The highest BCUT2D eigenvalue weighted by molar-refractivity contribution is 5.69. The molecule has 0 saturated carbocycles. The van der Waals surface area contributed by atoms with Gasteiger partial charge in [-0.1, -0.05) is 70.1 Å². The third-order valence-corrected chi connectivity index (χ3v) is 4.54. The molecule has 4 nitrogen and oxygen atoms in total. The predicted octanol–water partition coefficient (Wildman–Crippen LogP) is 5.29. The lowest BCUT2D eigenvalue weighted by Gasteiger charge is -2.10. The van der Waals surface area contributed by atoms with Gasteiger partial charge < -0.3 is 14.9 Å². The number of ether oxygens (including phenoxy) is 1. The summed E-state index contributed by atoms with van der Waals surface area (Å²) in [5.74, 6) is 0.122. The first-order valence-electron chi connectivity index (χ1n) is 10.4. The fourth-order valence-electron chi connectivity index (χ4n) is 2.86. The Labute approximate surface area is 160 Å². The largest absolute Gasteiger partial charge is 0.433 e. The molecule has 0 aliphatic heterocycles. The van der Waals surface area contributed by atoms with Gasteiger partial charge in [-0.05, 0) is 38.0 Å². The molecule has 152 valence electrons. The molecule has 0 heterocycles. The smallest absolute Gasteiger partial charge is 0.308 e. The van der Waals surface area contributed by atoms with E-state index in [1.165, 1.54) is 51.4 Å². The summed E-state index contributed by atoms with van der Waals surface area (Å²) in [4.78, 5) is 11.3. The maximum Gasteiger partial charge on any atom is 0.308 e. The molecule has 2 unspecified atom stereocenters. The quantitative estimate of drug-likeness (QED) is 0.149. The fraction of sp³-hybridized carbons (Fsp3) is 0.773. The Hall–Kier alpha value is -1.13. The molecule has 2 atom stereocenters. The molecule has 0 bridgehead atoms. The zero-order valence-corrected chi connectivity index (χ0v) is 16.7. The van der Waals surface area contributed by atoms with Crippen LogP contribution in [0, 0.1) is 5.92 Å². The summed E-state index contributed by atoms with van der Waals surface area (Å²) in [5.41, 5.74) is 0. The first kappa shape index (κ1) is 24.9. The first-order valence-corrected chi connectivity index (χ1v) is 10.4. The average molecular weight is 369 g/mol. The minimum Gasteiger partial charge on any atom is -0.433 e.